The third-order valence-electron chi connectivity index (χ3n) is 4.23. The van der Waals surface area contributed by atoms with Gasteiger partial charge in [-0.05, 0) is 18.6 Å². The van der Waals surface area contributed by atoms with E-state index in [0.717, 1.165) is 17.8 Å². The minimum Gasteiger partial charge on any atom is -0.451 e. The minimum atomic E-state index is -3.30. The second-order valence-corrected chi connectivity index (χ2v) is 10.0. The molecule has 1 heterocycles. The average Bonchev–Trinajstić information content (AvgIpc) is 3.00. The lowest BCUT2D eigenvalue weighted by molar-refractivity contribution is 0.0929. The van der Waals surface area contributed by atoms with Crippen molar-refractivity contribution in [3.05, 3.63) is 71.0 Å². The molecule has 1 aromatic heterocycles. The largest absolute Gasteiger partial charge is 0.451 e. The Balaban J connectivity index is 1.61. The van der Waals surface area contributed by atoms with Gasteiger partial charge >= 0.3 is 0 Å². The Morgan fingerprint density at radius 2 is 1.82 bits per heavy atom. The number of rotatable bonds is 8. The maximum Gasteiger partial charge on any atom is 0.287 e. The van der Waals surface area contributed by atoms with E-state index in [9.17, 15) is 13.2 Å². The zero-order valence-electron chi connectivity index (χ0n) is 15.9. The van der Waals surface area contributed by atoms with Crippen LogP contribution in [0.25, 0.3) is 11.0 Å². The van der Waals surface area contributed by atoms with Gasteiger partial charge in [-0.25, -0.2) is 8.42 Å². The average molecular weight is 418 g/mol. The number of nitrogens with one attached hydrogen (secondary N) is 1. The van der Waals surface area contributed by atoms with E-state index in [4.69, 9.17) is 4.42 Å². The van der Waals surface area contributed by atoms with Crippen molar-refractivity contribution in [3.8, 4) is 0 Å². The topological polar surface area (TPSA) is 76.4 Å². The maximum atomic E-state index is 12.6. The minimum absolute atomic E-state index is 0.0789. The molecule has 5 nitrogen and oxygen atoms in total. The summed E-state index contributed by atoms with van der Waals surface area (Å²) in [5, 5.41) is 3.49. The first-order valence-electron chi connectivity index (χ1n) is 8.93. The quantitative estimate of drug-likeness (QED) is 0.562. The molecule has 0 fully saturated rings. The van der Waals surface area contributed by atoms with Gasteiger partial charge in [-0.3, -0.25) is 4.79 Å². The number of hydrogen-bond donors (Lipinski definition) is 1. The third-order valence-corrected chi connectivity index (χ3v) is 6.08. The highest BCUT2D eigenvalue weighted by Gasteiger charge is 2.22. The molecule has 3 aromatic rings. The van der Waals surface area contributed by atoms with Crippen molar-refractivity contribution in [2.24, 2.45) is 0 Å². The molecule has 3 rings (SSSR count). The molecule has 0 aliphatic rings. The second kappa shape index (κ2) is 8.84. The lowest BCUT2D eigenvalue weighted by Gasteiger charge is -2.06. The molecule has 0 unspecified atom stereocenters. The number of carbonyl (C=O) groups excluding carboxylic acids is 1. The highest BCUT2D eigenvalue weighted by atomic mass is 32.2. The maximum absolute atomic E-state index is 12.6. The molecule has 0 saturated carbocycles. The van der Waals surface area contributed by atoms with Crippen LogP contribution in [0.4, 0.5) is 0 Å². The summed E-state index contributed by atoms with van der Waals surface area (Å²) in [6.07, 6.45) is 1.15. The Kier molecular flexibility index (Phi) is 6.46. The first kappa shape index (κ1) is 20.5. The van der Waals surface area contributed by atoms with Crippen molar-refractivity contribution in [2.75, 3.05) is 18.6 Å². The molecule has 0 bridgehead atoms. The van der Waals surface area contributed by atoms with Crippen LogP contribution in [0.3, 0.4) is 0 Å². The molecule has 0 aliphatic heterocycles. The van der Waals surface area contributed by atoms with E-state index in [0.29, 0.717) is 23.1 Å². The third kappa shape index (κ3) is 5.39. The van der Waals surface area contributed by atoms with Gasteiger partial charge < -0.3 is 9.73 Å². The van der Waals surface area contributed by atoms with Crippen molar-refractivity contribution in [1.82, 2.24) is 5.32 Å². The summed E-state index contributed by atoms with van der Waals surface area (Å²) in [5.41, 5.74) is 3.41. The number of amides is 1. The summed E-state index contributed by atoms with van der Waals surface area (Å²) in [7, 11) is -3.30. The van der Waals surface area contributed by atoms with E-state index in [1.807, 2.05) is 0 Å². The molecule has 28 heavy (non-hydrogen) atoms. The molecular formula is C21H23NO4S2. The molecule has 0 aliphatic carbocycles. The van der Waals surface area contributed by atoms with Gasteiger partial charge in [0.2, 0.25) is 0 Å². The first-order chi connectivity index (χ1) is 13.3. The summed E-state index contributed by atoms with van der Waals surface area (Å²) in [4.78, 5) is 12.6. The van der Waals surface area contributed by atoms with Crippen LogP contribution < -0.4 is 5.32 Å². The smallest absolute Gasteiger partial charge is 0.287 e. The fourth-order valence-electron chi connectivity index (χ4n) is 2.88. The summed E-state index contributed by atoms with van der Waals surface area (Å²) in [5.74, 6) is 1.09. The Labute approximate surface area is 169 Å². The fraction of sp³-hybridized carbons (Fsp3) is 0.286. The zero-order chi connectivity index (χ0) is 20.1. The van der Waals surface area contributed by atoms with Gasteiger partial charge in [-0.15, -0.1) is 0 Å². The van der Waals surface area contributed by atoms with Crippen LogP contribution >= 0.6 is 11.8 Å². The molecule has 2 aromatic carbocycles. The van der Waals surface area contributed by atoms with Crippen LogP contribution in [-0.4, -0.2) is 32.9 Å². The van der Waals surface area contributed by atoms with Crippen molar-refractivity contribution >= 4 is 38.5 Å². The van der Waals surface area contributed by atoms with Gasteiger partial charge in [0.25, 0.3) is 5.91 Å². The second-order valence-electron chi connectivity index (χ2n) is 6.77. The molecule has 1 amide bonds. The fourth-order valence-corrected chi connectivity index (χ4v) is 4.51. The number of hydrogen-bond acceptors (Lipinski definition) is 5. The predicted molar refractivity (Wildman–Crippen MR) is 114 cm³/mol. The Bertz CT molecular complexity index is 1070. The number of benzene rings is 2. The Morgan fingerprint density at radius 3 is 2.54 bits per heavy atom. The lowest BCUT2D eigenvalue weighted by Crippen LogP contribution is -2.26. The Morgan fingerprint density at radius 1 is 1.11 bits per heavy atom. The molecule has 0 atom stereocenters. The Hall–Kier alpha value is -2.25. The van der Waals surface area contributed by atoms with Gasteiger partial charge in [0, 0.05) is 35.3 Å². The van der Waals surface area contributed by atoms with Crippen LogP contribution in [0.2, 0.25) is 0 Å². The predicted octanol–water partition coefficient (Wildman–Crippen LogP) is 3.95. The van der Waals surface area contributed by atoms with Crippen molar-refractivity contribution in [2.45, 2.75) is 18.4 Å². The van der Waals surface area contributed by atoms with Gasteiger partial charge in [0.1, 0.15) is 5.58 Å². The van der Waals surface area contributed by atoms with E-state index < -0.39 is 9.84 Å². The number of thioether (sulfide) groups is 1. The summed E-state index contributed by atoms with van der Waals surface area (Å²) < 4.78 is 29.3. The number of furan rings is 1. The standard InChI is InChI=1S/C21H23NO4S2/c1-15-7-9-16(10-8-15)13-27-12-11-22-21(23)20-18(14-28(2,24)25)17-5-3-4-6-19(17)26-20/h3-10H,11-14H2,1-2H3,(H,22,23). The van der Waals surface area contributed by atoms with Gasteiger partial charge in [0.15, 0.2) is 15.6 Å². The number of sulfone groups is 1. The van der Waals surface area contributed by atoms with E-state index in [-0.39, 0.29) is 17.4 Å². The van der Waals surface area contributed by atoms with E-state index in [1.165, 1.54) is 11.1 Å². The monoisotopic (exact) mass is 417 g/mol. The molecule has 148 valence electrons. The van der Waals surface area contributed by atoms with Crippen molar-refractivity contribution in [1.29, 1.82) is 0 Å². The summed E-state index contributed by atoms with van der Waals surface area (Å²) in [6.45, 7) is 2.53. The van der Waals surface area contributed by atoms with Crippen molar-refractivity contribution < 1.29 is 17.6 Å². The molecular weight excluding hydrogens is 394 g/mol. The van der Waals surface area contributed by atoms with E-state index >= 15 is 0 Å². The van der Waals surface area contributed by atoms with E-state index in [2.05, 4.69) is 36.5 Å². The van der Waals surface area contributed by atoms with Crippen LogP contribution in [-0.2, 0) is 21.3 Å². The van der Waals surface area contributed by atoms with E-state index in [1.54, 1.807) is 36.0 Å². The zero-order valence-corrected chi connectivity index (χ0v) is 17.5. The molecule has 0 spiro atoms. The van der Waals surface area contributed by atoms with Gasteiger partial charge in [0.05, 0.1) is 5.75 Å². The van der Waals surface area contributed by atoms with Gasteiger partial charge in [-0.2, -0.15) is 11.8 Å². The molecule has 0 radical (unpaired) electrons. The van der Waals surface area contributed by atoms with Crippen LogP contribution in [0.15, 0.2) is 52.9 Å². The normalized spacial score (nSPS) is 11.6. The SMILES string of the molecule is Cc1ccc(CSCCNC(=O)c2oc3ccccc3c2CS(C)(=O)=O)cc1. The summed E-state index contributed by atoms with van der Waals surface area (Å²) >= 11 is 1.73. The highest BCUT2D eigenvalue weighted by Crippen LogP contribution is 2.27. The highest BCUT2D eigenvalue weighted by molar-refractivity contribution is 7.98. The molecule has 7 heteroatoms. The first-order valence-corrected chi connectivity index (χ1v) is 12.1. The van der Waals surface area contributed by atoms with Crippen LogP contribution in [0.5, 0.6) is 0 Å². The van der Waals surface area contributed by atoms with Crippen LogP contribution in [0, 0.1) is 6.92 Å². The number of fused-ring (bicyclic) bond motifs is 1. The lowest BCUT2D eigenvalue weighted by atomic mass is 10.1. The summed E-state index contributed by atoms with van der Waals surface area (Å²) in [6, 6.07) is 15.5. The van der Waals surface area contributed by atoms with Crippen molar-refractivity contribution in [3.63, 3.8) is 0 Å². The molecule has 1 N–H and O–H groups in total. The number of para-hydroxylation sites is 1. The van der Waals surface area contributed by atoms with Crippen LogP contribution in [0.1, 0.15) is 27.2 Å². The molecule has 0 saturated heterocycles. The van der Waals surface area contributed by atoms with Gasteiger partial charge in [-0.1, -0.05) is 48.0 Å². The number of aryl methyl sites for hydroxylation is 1. The number of carbonyl (C=O) groups is 1.